The zero-order valence-corrected chi connectivity index (χ0v) is 17.9. The third-order valence-corrected chi connectivity index (χ3v) is 7.73. The van der Waals surface area contributed by atoms with E-state index in [2.05, 4.69) is 15.5 Å². The first kappa shape index (κ1) is 19.7. The van der Waals surface area contributed by atoms with Gasteiger partial charge in [-0.15, -0.1) is 11.3 Å². The lowest BCUT2D eigenvalue weighted by Gasteiger charge is -2.26. The van der Waals surface area contributed by atoms with Crippen LogP contribution < -0.4 is 5.32 Å². The third-order valence-electron chi connectivity index (χ3n) is 4.73. The van der Waals surface area contributed by atoms with Crippen molar-refractivity contribution >= 4 is 32.4 Å². The number of amides is 1. The Labute approximate surface area is 172 Å². The molecule has 0 saturated heterocycles. The molecule has 0 spiro atoms. The number of aromatic nitrogens is 2. The zero-order valence-electron chi connectivity index (χ0n) is 16.2. The number of anilines is 1. The molecule has 2 aromatic heterocycles. The van der Waals surface area contributed by atoms with Crippen LogP contribution in [0.3, 0.4) is 0 Å². The number of fused-ring (bicyclic) bond motifs is 1. The average molecular weight is 433 g/mol. The zero-order chi connectivity index (χ0) is 20.8. The number of hydrogen-bond donors (Lipinski definition) is 1. The molecule has 0 unspecified atom stereocenters. The molecule has 1 aliphatic rings. The quantitative estimate of drug-likeness (QED) is 0.679. The molecule has 10 heteroatoms. The van der Waals surface area contributed by atoms with Crippen molar-refractivity contribution in [3.05, 3.63) is 57.4 Å². The van der Waals surface area contributed by atoms with E-state index in [1.165, 1.54) is 15.6 Å². The number of carbonyl (C=O) groups excluding carboxylic acids is 1. The Morgan fingerprint density at radius 2 is 2.03 bits per heavy atom. The highest BCUT2D eigenvalue weighted by molar-refractivity contribution is 7.89. The Morgan fingerprint density at radius 3 is 2.72 bits per heavy atom. The molecule has 152 valence electrons. The predicted molar refractivity (Wildman–Crippen MR) is 109 cm³/mol. The molecular formula is C19H20N4O4S2. The molecule has 3 heterocycles. The summed E-state index contributed by atoms with van der Waals surface area (Å²) in [6.45, 7) is 6.03. The summed E-state index contributed by atoms with van der Waals surface area (Å²) in [5.74, 6) is 0.133. The normalized spacial score (nSPS) is 14.6. The second kappa shape index (κ2) is 7.36. The van der Waals surface area contributed by atoms with Gasteiger partial charge in [-0.2, -0.15) is 4.31 Å². The second-order valence-corrected chi connectivity index (χ2v) is 10.0. The Hall–Kier alpha value is -2.56. The summed E-state index contributed by atoms with van der Waals surface area (Å²) in [6, 6.07) is 6.88. The van der Waals surface area contributed by atoms with Gasteiger partial charge in [0.1, 0.15) is 5.76 Å². The summed E-state index contributed by atoms with van der Waals surface area (Å²) in [6.07, 6.45) is 0.495. The molecule has 1 aromatic carbocycles. The fourth-order valence-corrected chi connectivity index (χ4v) is 6.01. The number of nitrogens with zero attached hydrogens (tertiary/aromatic N) is 3. The highest BCUT2D eigenvalue weighted by Crippen LogP contribution is 2.32. The van der Waals surface area contributed by atoms with Crippen molar-refractivity contribution in [2.24, 2.45) is 0 Å². The monoisotopic (exact) mass is 432 g/mol. The van der Waals surface area contributed by atoms with Gasteiger partial charge in [-0.05, 0) is 32.4 Å². The van der Waals surface area contributed by atoms with Gasteiger partial charge in [0.15, 0.2) is 10.8 Å². The topological polar surface area (TPSA) is 105 Å². The Morgan fingerprint density at radius 1 is 1.24 bits per heavy atom. The number of benzene rings is 1. The van der Waals surface area contributed by atoms with Crippen molar-refractivity contribution in [1.29, 1.82) is 0 Å². The standard InChI is InChI=1S/C19H20N4O4S2/c1-11-4-5-17(12(2)8-11)29(25,26)23-7-6-14-16(10-23)28-19(20-14)21-18(24)15-9-13(3)27-22-15/h4-5,8-9H,6-7,10H2,1-3H3,(H,20,21,24). The van der Waals surface area contributed by atoms with Crippen LogP contribution in [0, 0.1) is 20.8 Å². The van der Waals surface area contributed by atoms with Gasteiger partial charge >= 0.3 is 0 Å². The molecule has 0 fully saturated rings. The minimum atomic E-state index is -3.60. The van der Waals surface area contributed by atoms with Crippen molar-refractivity contribution < 1.29 is 17.7 Å². The molecule has 3 aromatic rings. The van der Waals surface area contributed by atoms with Gasteiger partial charge in [0.05, 0.1) is 17.1 Å². The maximum Gasteiger partial charge on any atom is 0.279 e. The number of nitrogens with one attached hydrogen (secondary N) is 1. The van der Waals surface area contributed by atoms with Crippen molar-refractivity contribution in [3.63, 3.8) is 0 Å². The predicted octanol–water partition coefficient (Wildman–Crippen LogP) is 3.06. The smallest absolute Gasteiger partial charge is 0.279 e. The van der Waals surface area contributed by atoms with Gasteiger partial charge in [0.2, 0.25) is 10.0 Å². The van der Waals surface area contributed by atoms with E-state index in [1.54, 1.807) is 32.0 Å². The number of carbonyl (C=O) groups is 1. The maximum absolute atomic E-state index is 13.1. The van der Waals surface area contributed by atoms with E-state index in [0.717, 1.165) is 21.7 Å². The van der Waals surface area contributed by atoms with Crippen molar-refractivity contribution in [2.75, 3.05) is 11.9 Å². The molecule has 0 bridgehead atoms. The fourth-order valence-electron chi connectivity index (χ4n) is 3.29. The number of thiazole rings is 1. The molecule has 1 aliphatic heterocycles. The first-order valence-corrected chi connectivity index (χ1v) is 11.3. The van der Waals surface area contributed by atoms with E-state index in [1.807, 2.05) is 13.0 Å². The summed E-state index contributed by atoms with van der Waals surface area (Å²) < 4.78 is 32.6. The van der Waals surface area contributed by atoms with Crippen LogP contribution >= 0.6 is 11.3 Å². The highest BCUT2D eigenvalue weighted by Gasteiger charge is 2.31. The second-order valence-electron chi connectivity index (χ2n) is 7.02. The van der Waals surface area contributed by atoms with E-state index in [9.17, 15) is 13.2 Å². The highest BCUT2D eigenvalue weighted by atomic mass is 32.2. The van der Waals surface area contributed by atoms with Gasteiger partial charge < -0.3 is 4.52 Å². The molecule has 8 nitrogen and oxygen atoms in total. The van der Waals surface area contributed by atoms with Gasteiger partial charge in [0.25, 0.3) is 5.91 Å². The number of rotatable bonds is 4. The molecule has 0 saturated carbocycles. The molecule has 1 N–H and O–H groups in total. The molecule has 29 heavy (non-hydrogen) atoms. The molecule has 4 rings (SSSR count). The maximum atomic E-state index is 13.1. The van der Waals surface area contributed by atoms with Gasteiger partial charge in [-0.3, -0.25) is 10.1 Å². The van der Waals surface area contributed by atoms with Crippen LogP contribution in [0.2, 0.25) is 0 Å². The van der Waals surface area contributed by atoms with E-state index in [4.69, 9.17) is 4.52 Å². The van der Waals surface area contributed by atoms with Crippen LogP contribution in [0.1, 0.15) is 37.9 Å². The lowest BCUT2D eigenvalue weighted by Crippen LogP contribution is -2.35. The van der Waals surface area contributed by atoms with Crippen molar-refractivity contribution in [1.82, 2.24) is 14.4 Å². The van der Waals surface area contributed by atoms with Gasteiger partial charge in [0, 0.05) is 23.9 Å². The summed E-state index contributed by atoms with van der Waals surface area (Å²) in [5, 5.41) is 6.82. The van der Waals surface area contributed by atoms with Gasteiger partial charge in [-0.1, -0.05) is 22.9 Å². The Balaban J connectivity index is 1.54. The van der Waals surface area contributed by atoms with Crippen LogP contribution in [0.25, 0.3) is 0 Å². The largest absolute Gasteiger partial charge is 0.361 e. The van der Waals surface area contributed by atoms with Crippen LogP contribution in [0.5, 0.6) is 0 Å². The molecule has 0 atom stereocenters. The van der Waals surface area contributed by atoms with Crippen LogP contribution in [-0.4, -0.2) is 35.3 Å². The van der Waals surface area contributed by atoms with Gasteiger partial charge in [-0.25, -0.2) is 13.4 Å². The number of sulfonamides is 1. The van der Waals surface area contributed by atoms with Crippen LogP contribution in [0.4, 0.5) is 5.13 Å². The first-order valence-electron chi connectivity index (χ1n) is 9.04. The van der Waals surface area contributed by atoms with E-state index in [-0.39, 0.29) is 12.2 Å². The summed E-state index contributed by atoms with van der Waals surface area (Å²) >= 11 is 1.28. The fraction of sp³-hybridized carbons (Fsp3) is 0.316. The minimum absolute atomic E-state index is 0.176. The first-order chi connectivity index (χ1) is 13.7. The Bertz CT molecular complexity index is 1200. The number of hydrogen-bond acceptors (Lipinski definition) is 7. The Kier molecular flexibility index (Phi) is 5.01. The lowest BCUT2D eigenvalue weighted by atomic mass is 10.2. The van der Waals surface area contributed by atoms with Crippen molar-refractivity contribution in [2.45, 2.75) is 38.6 Å². The van der Waals surface area contributed by atoms with E-state index < -0.39 is 15.9 Å². The molecular weight excluding hydrogens is 412 g/mol. The average Bonchev–Trinajstić information content (AvgIpc) is 3.26. The van der Waals surface area contributed by atoms with Crippen LogP contribution in [-0.2, 0) is 23.0 Å². The number of aryl methyl sites for hydroxylation is 3. The van der Waals surface area contributed by atoms with E-state index >= 15 is 0 Å². The molecule has 1 amide bonds. The van der Waals surface area contributed by atoms with E-state index in [0.29, 0.717) is 28.8 Å². The molecule has 0 radical (unpaired) electrons. The van der Waals surface area contributed by atoms with Crippen molar-refractivity contribution in [3.8, 4) is 0 Å². The summed E-state index contributed by atoms with van der Waals surface area (Å²) in [7, 11) is -3.60. The lowest BCUT2D eigenvalue weighted by molar-refractivity contribution is 0.101. The third kappa shape index (κ3) is 3.83. The SMILES string of the molecule is Cc1ccc(S(=O)(=O)N2CCc3nc(NC(=O)c4cc(C)on4)sc3C2)c(C)c1. The summed E-state index contributed by atoms with van der Waals surface area (Å²) in [5.41, 5.74) is 2.74. The molecule has 0 aliphatic carbocycles. The van der Waals surface area contributed by atoms with Crippen LogP contribution in [0.15, 0.2) is 33.7 Å². The minimum Gasteiger partial charge on any atom is -0.361 e. The summed E-state index contributed by atoms with van der Waals surface area (Å²) in [4.78, 5) is 17.8.